The molecule has 1 heterocycles. The Kier molecular flexibility index (Phi) is 4.43. The molecule has 19 heavy (non-hydrogen) atoms. The first-order valence-corrected chi connectivity index (χ1v) is 6.96. The first-order valence-electron chi connectivity index (χ1n) is 6.96. The Hall–Kier alpha value is -1.55. The molecule has 1 atom stereocenters. The van der Waals surface area contributed by atoms with Crippen LogP contribution in [0, 0.1) is 0 Å². The first kappa shape index (κ1) is 13.9. The topological polar surface area (TPSA) is 53.1 Å². The number of benzene rings is 1. The zero-order valence-corrected chi connectivity index (χ0v) is 12.0. The van der Waals surface area contributed by atoms with Gasteiger partial charge in [-0.05, 0) is 31.0 Å². The van der Waals surface area contributed by atoms with Crippen LogP contribution < -0.4 is 5.73 Å². The molecule has 1 unspecified atom stereocenters. The van der Waals surface area contributed by atoms with E-state index in [1.54, 1.807) is 7.11 Å². The highest BCUT2D eigenvalue weighted by Crippen LogP contribution is 2.25. The quantitative estimate of drug-likeness (QED) is 0.813. The molecule has 1 aromatic heterocycles. The average molecular weight is 261 g/mol. The summed E-state index contributed by atoms with van der Waals surface area (Å²) in [5.74, 6) is 1.13. The zero-order valence-electron chi connectivity index (χ0n) is 12.0. The number of imidazole rings is 1. The number of methoxy groups -OCH3 is 1. The Balaban J connectivity index is 2.56. The summed E-state index contributed by atoms with van der Waals surface area (Å²) in [7, 11) is 1.75. The predicted molar refractivity (Wildman–Crippen MR) is 79.3 cm³/mol. The molecule has 0 radical (unpaired) electrons. The van der Waals surface area contributed by atoms with Crippen LogP contribution in [-0.4, -0.2) is 23.3 Å². The van der Waals surface area contributed by atoms with E-state index in [0.29, 0.717) is 12.6 Å². The van der Waals surface area contributed by atoms with E-state index < -0.39 is 0 Å². The molecule has 4 heteroatoms. The third-order valence-electron chi connectivity index (χ3n) is 3.46. The molecular formula is C15H23N3O. The summed E-state index contributed by atoms with van der Waals surface area (Å²) in [5.41, 5.74) is 8.75. The minimum Gasteiger partial charge on any atom is -0.399 e. The van der Waals surface area contributed by atoms with Gasteiger partial charge < -0.3 is 15.0 Å². The van der Waals surface area contributed by atoms with Crippen LogP contribution in [0.4, 0.5) is 5.69 Å². The third kappa shape index (κ3) is 2.73. The van der Waals surface area contributed by atoms with Gasteiger partial charge in [-0.15, -0.1) is 0 Å². The summed E-state index contributed by atoms with van der Waals surface area (Å²) < 4.78 is 7.67. The molecule has 0 bridgehead atoms. The van der Waals surface area contributed by atoms with Gasteiger partial charge in [0.1, 0.15) is 5.82 Å². The molecule has 0 spiro atoms. The summed E-state index contributed by atoms with van der Waals surface area (Å²) in [6, 6.07) is 6.29. The number of aromatic nitrogens is 2. The van der Waals surface area contributed by atoms with Crippen LogP contribution in [0.3, 0.4) is 0 Å². The van der Waals surface area contributed by atoms with Gasteiger partial charge in [-0.3, -0.25) is 0 Å². The van der Waals surface area contributed by atoms with Gasteiger partial charge in [0, 0.05) is 19.2 Å². The van der Waals surface area contributed by atoms with Gasteiger partial charge in [-0.25, -0.2) is 4.98 Å². The van der Waals surface area contributed by atoms with Crippen molar-refractivity contribution in [2.75, 3.05) is 19.5 Å². The lowest BCUT2D eigenvalue weighted by atomic mass is 10.2. The molecular weight excluding hydrogens is 238 g/mol. The van der Waals surface area contributed by atoms with E-state index in [1.807, 2.05) is 12.1 Å². The molecule has 0 fully saturated rings. The highest BCUT2D eigenvalue weighted by Gasteiger charge is 2.17. The number of hydrogen-bond acceptors (Lipinski definition) is 3. The maximum atomic E-state index is 5.85. The van der Waals surface area contributed by atoms with Gasteiger partial charge in [0.15, 0.2) is 0 Å². The monoisotopic (exact) mass is 261 g/mol. The number of ether oxygens (including phenoxy) is 1. The summed E-state index contributed by atoms with van der Waals surface area (Å²) >= 11 is 0. The molecule has 4 nitrogen and oxygen atoms in total. The van der Waals surface area contributed by atoms with Crippen molar-refractivity contribution in [2.24, 2.45) is 0 Å². The van der Waals surface area contributed by atoms with Crippen molar-refractivity contribution in [1.82, 2.24) is 9.55 Å². The lowest BCUT2D eigenvalue weighted by molar-refractivity contribution is 0.153. The number of nitrogen functional groups attached to an aromatic ring is 1. The van der Waals surface area contributed by atoms with Crippen LogP contribution in [-0.2, 0) is 11.2 Å². The Morgan fingerprint density at radius 2 is 2.16 bits per heavy atom. The van der Waals surface area contributed by atoms with Gasteiger partial charge in [0.2, 0.25) is 0 Å². The lowest BCUT2D eigenvalue weighted by Crippen LogP contribution is -2.16. The van der Waals surface area contributed by atoms with Gasteiger partial charge >= 0.3 is 0 Å². The van der Waals surface area contributed by atoms with Gasteiger partial charge in [0.05, 0.1) is 23.7 Å². The molecule has 2 rings (SSSR count). The van der Waals surface area contributed by atoms with Crippen LogP contribution in [0.1, 0.15) is 38.6 Å². The SMILES string of the molecule is CCCc1nc2cc(N)ccc2n1C(CC)COC. The number of nitrogens with zero attached hydrogens (tertiary/aromatic N) is 2. The van der Waals surface area contributed by atoms with E-state index in [0.717, 1.165) is 41.8 Å². The lowest BCUT2D eigenvalue weighted by Gasteiger charge is -2.19. The standard InChI is InChI=1S/C15H23N3O/c1-4-6-15-17-13-9-11(16)7-8-14(13)18(15)12(5-2)10-19-3/h7-9,12H,4-6,10,16H2,1-3H3. The van der Waals surface area contributed by atoms with Crippen LogP contribution >= 0.6 is 0 Å². The fourth-order valence-corrected chi connectivity index (χ4v) is 2.54. The average Bonchev–Trinajstić information content (AvgIpc) is 2.73. The maximum absolute atomic E-state index is 5.85. The number of nitrogens with two attached hydrogens (primary N) is 1. The Morgan fingerprint density at radius 1 is 1.37 bits per heavy atom. The van der Waals surface area contributed by atoms with E-state index in [1.165, 1.54) is 0 Å². The molecule has 0 aliphatic heterocycles. The summed E-state index contributed by atoms with van der Waals surface area (Å²) in [4.78, 5) is 4.74. The molecule has 0 saturated heterocycles. The van der Waals surface area contributed by atoms with Crippen LogP contribution in [0.5, 0.6) is 0 Å². The van der Waals surface area contributed by atoms with E-state index in [4.69, 9.17) is 15.5 Å². The van der Waals surface area contributed by atoms with Gasteiger partial charge in [-0.1, -0.05) is 13.8 Å². The third-order valence-corrected chi connectivity index (χ3v) is 3.46. The summed E-state index contributed by atoms with van der Waals surface area (Å²) in [5, 5.41) is 0. The van der Waals surface area contributed by atoms with E-state index in [9.17, 15) is 0 Å². The van der Waals surface area contributed by atoms with Crippen molar-refractivity contribution >= 4 is 16.7 Å². The number of rotatable bonds is 6. The van der Waals surface area contributed by atoms with Gasteiger partial charge in [0.25, 0.3) is 0 Å². The van der Waals surface area contributed by atoms with Crippen molar-refractivity contribution in [3.05, 3.63) is 24.0 Å². The molecule has 0 saturated carbocycles. The second-order valence-electron chi connectivity index (χ2n) is 4.91. The molecule has 2 N–H and O–H groups in total. The minimum atomic E-state index is 0.333. The molecule has 104 valence electrons. The highest BCUT2D eigenvalue weighted by molar-refractivity contribution is 5.79. The zero-order chi connectivity index (χ0) is 13.8. The number of aryl methyl sites for hydroxylation is 1. The second-order valence-corrected chi connectivity index (χ2v) is 4.91. The largest absolute Gasteiger partial charge is 0.399 e. The summed E-state index contributed by atoms with van der Waals surface area (Å²) in [6.07, 6.45) is 3.09. The maximum Gasteiger partial charge on any atom is 0.110 e. The van der Waals surface area contributed by atoms with Crippen molar-refractivity contribution in [3.8, 4) is 0 Å². The fraction of sp³-hybridized carbons (Fsp3) is 0.533. The van der Waals surface area contributed by atoms with Gasteiger partial charge in [-0.2, -0.15) is 0 Å². The molecule has 0 amide bonds. The first-order chi connectivity index (χ1) is 9.21. The van der Waals surface area contributed by atoms with Crippen LogP contribution in [0.15, 0.2) is 18.2 Å². The molecule has 0 aliphatic carbocycles. The predicted octanol–water partition coefficient (Wildman–Crippen LogP) is 3.17. The van der Waals surface area contributed by atoms with E-state index >= 15 is 0 Å². The Bertz CT molecular complexity index is 548. The molecule has 2 aromatic rings. The Labute approximate surface area is 114 Å². The van der Waals surface area contributed by atoms with Crippen molar-refractivity contribution in [3.63, 3.8) is 0 Å². The normalized spacial score (nSPS) is 13.0. The molecule has 0 aliphatic rings. The molecule has 1 aromatic carbocycles. The van der Waals surface area contributed by atoms with Crippen LogP contribution in [0.2, 0.25) is 0 Å². The second kappa shape index (κ2) is 6.06. The fourth-order valence-electron chi connectivity index (χ4n) is 2.54. The van der Waals surface area contributed by atoms with Crippen molar-refractivity contribution in [2.45, 2.75) is 39.2 Å². The smallest absolute Gasteiger partial charge is 0.110 e. The number of fused-ring (bicyclic) bond motifs is 1. The van der Waals surface area contributed by atoms with Crippen molar-refractivity contribution < 1.29 is 4.74 Å². The van der Waals surface area contributed by atoms with E-state index in [2.05, 4.69) is 24.5 Å². The van der Waals surface area contributed by atoms with Crippen molar-refractivity contribution in [1.29, 1.82) is 0 Å². The summed E-state index contributed by atoms with van der Waals surface area (Å²) in [6.45, 7) is 5.07. The highest BCUT2D eigenvalue weighted by atomic mass is 16.5. The number of hydrogen-bond donors (Lipinski definition) is 1. The van der Waals surface area contributed by atoms with E-state index in [-0.39, 0.29) is 0 Å². The number of anilines is 1. The minimum absolute atomic E-state index is 0.333. The Morgan fingerprint density at radius 3 is 2.79 bits per heavy atom. The van der Waals surface area contributed by atoms with Crippen LogP contribution in [0.25, 0.3) is 11.0 Å².